The second-order valence-corrected chi connectivity index (χ2v) is 4.25. The van der Waals surface area contributed by atoms with Crippen LogP contribution in [-0.2, 0) is 0 Å². The van der Waals surface area contributed by atoms with E-state index in [-0.39, 0.29) is 0 Å². The first-order valence-electron chi connectivity index (χ1n) is 5.95. The van der Waals surface area contributed by atoms with Gasteiger partial charge in [0.1, 0.15) is 0 Å². The number of aliphatic imine (C=N–C) groups is 1. The summed E-state index contributed by atoms with van der Waals surface area (Å²) in [5.41, 5.74) is 3.24. The zero-order valence-corrected chi connectivity index (χ0v) is 10.9. The Morgan fingerprint density at radius 3 is 2.79 bits per heavy atom. The normalized spacial score (nSPS) is 11.1. The predicted octanol–water partition coefficient (Wildman–Crippen LogP) is 4.22. The van der Waals surface area contributed by atoms with E-state index in [9.17, 15) is 0 Å². The second-order valence-electron chi connectivity index (χ2n) is 4.25. The van der Waals surface area contributed by atoms with E-state index in [1.54, 1.807) is 6.08 Å². The lowest BCUT2D eigenvalue weighted by atomic mass is 10.00. The molecule has 0 aliphatic carbocycles. The van der Waals surface area contributed by atoms with Crippen LogP contribution in [0.4, 0.5) is 0 Å². The van der Waals surface area contributed by atoms with Crippen molar-refractivity contribution in [3.05, 3.63) is 72.5 Å². The Morgan fingerprint density at radius 2 is 2.11 bits per heavy atom. The summed E-state index contributed by atoms with van der Waals surface area (Å²) >= 11 is 0. The van der Waals surface area contributed by atoms with Crippen LogP contribution in [0.2, 0.25) is 0 Å². The van der Waals surface area contributed by atoms with E-state index in [2.05, 4.69) is 24.2 Å². The summed E-state index contributed by atoms with van der Waals surface area (Å²) in [4.78, 5) is 4.40. The van der Waals surface area contributed by atoms with Crippen LogP contribution >= 0.6 is 0 Å². The van der Waals surface area contributed by atoms with E-state index < -0.39 is 0 Å². The van der Waals surface area contributed by atoms with Crippen molar-refractivity contribution in [3.8, 4) is 6.07 Å². The maximum absolute atomic E-state index is 8.93. The molecule has 92 valence electrons. The van der Waals surface area contributed by atoms with Gasteiger partial charge in [-0.1, -0.05) is 37.4 Å². The molecule has 0 saturated carbocycles. The van der Waals surface area contributed by atoms with Crippen molar-refractivity contribution < 1.29 is 0 Å². The monoisotopic (exact) mass is 246 g/mol. The summed E-state index contributed by atoms with van der Waals surface area (Å²) in [6.07, 6.45) is 1.63. The molecule has 0 spiro atoms. The molecule has 0 bridgehead atoms. The van der Waals surface area contributed by atoms with Crippen molar-refractivity contribution in [2.75, 3.05) is 0 Å². The number of hydrogen-bond acceptors (Lipinski definition) is 2. The van der Waals surface area contributed by atoms with Crippen molar-refractivity contribution in [3.63, 3.8) is 0 Å². The third-order valence-electron chi connectivity index (χ3n) is 2.95. The summed E-state index contributed by atoms with van der Waals surface area (Å²) in [7, 11) is 0. The first-order chi connectivity index (χ1) is 9.15. The van der Waals surface area contributed by atoms with Crippen molar-refractivity contribution >= 4 is 16.5 Å². The van der Waals surface area contributed by atoms with Crippen LogP contribution in [-0.4, -0.2) is 5.71 Å². The number of nitrogens with zero attached hydrogens (tertiary/aromatic N) is 2. The highest BCUT2D eigenvalue weighted by molar-refractivity contribution is 6.10. The lowest BCUT2D eigenvalue weighted by Crippen LogP contribution is -1.96. The number of allylic oxidation sites excluding steroid dienone is 1. The van der Waals surface area contributed by atoms with Crippen molar-refractivity contribution in [2.45, 2.75) is 6.92 Å². The molecule has 0 N–H and O–H groups in total. The first kappa shape index (κ1) is 12.8. The van der Waals surface area contributed by atoms with Crippen molar-refractivity contribution in [1.29, 1.82) is 5.26 Å². The molecule has 0 fully saturated rings. The molecule has 0 amide bonds. The van der Waals surface area contributed by atoms with E-state index in [1.807, 2.05) is 43.3 Å². The lowest BCUT2D eigenvalue weighted by molar-refractivity contribution is 1.41. The molecule has 2 rings (SSSR count). The van der Waals surface area contributed by atoms with Gasteiger partial charge in [0.15, 0.2) is 0 Å². The van der Waals surface area contributed by atoms with Crippen LogP contribution < -0.4 is 0 Å². The van der Waals surface area contributed by atoms with Gasteiger partial charge < -0.3 is 0 Å². The topological polar surface area (TPSA) is 36.1 Å². The summed E-state index contributed by atoms with van der Waals surface area (Å²) in [6.45, 7) is 9.39. The Labute approximate surface area is 113 Å². The van der Waals surface area contributed by atoms with Crippen molar-refractivity contribution in [1.82, 2.24) is 0 Å². The fraction of sp³-hybridized carbons (Fsp3) is 0.0588. The van der Waals surface area contributed by atoms with Crippen LogP contribution in [0.1, 0.15) is 18.1 Å². The summed E-state index contributed by atoms with van der Waals surface area (Å²) in [5.74, 6) is 0. The number of hydrogen-bond donors (Lipinski definition) is 0. The summed E-state index contributed by atoms with van der Waals surface area (Å²) < 4.78 is 0. The fourth-order valence-corrected chi connectivity index (χ4v) is 1.99. The molecular formula is C17H14N2. The molecule has 0 atom stereocenters. The minimum atomic E-state index is 0.642. The Bertz CT molecular complexity index is 731. The second kappa shape index (κ2) is 5.32. The zero-order valence-electron chi connectivity index (χ0n) is 10.9. The average Bonchev–Trinajstić information content (AvgIpc) is 2.45. The zero-order chi connectivity index (χ0) is 13.8. The number of nitriles is 1. The molecule has 0 aromatic heterocycles. The molecular weight excluding hydrogens is 232 g/mol. The molecule has 2 aromatic carbocycles. The van der Waals surface area contributed by atoms with Gasteiger partial charge in [-0.15, -0.1) is 0 Å². The van der Waals surface area contributed by atoms with E-state index in [0.717, 1.165) is 22.0 Å². The highest BCUT2D eigenvalue weighted by Crippen LogP contribution is 2.21. The van der Waals surface area contributed by atoms with Gasteiger partial charge in [-0.25, -0.2) is 0 Å². The van der Waals surface area contributed by atoms with Gasteiger partial charge in [-0.05, 0) is 35.9 Å². The van der Waals surface area contributed by atoms with E-state index in [0.29, 0.717) is 11.3 Å². The molecule has 2 nitrogen and oxygen atoms in total. The molecule has 2 heteroatoms. The quantitative estimate of drug-likeness (QED) is 0.590. The van der Waals surface area contributed by atoms with Gasteiger partial charge in [0.2, 0.25) is 0 Å². The number of rotatable bonds is 3. The Morgan fingerprint density at radius 1 is 1.32 bits per heavy atom. The third kappa shape index (κ3) is 2.61. The average molecular weight is 246 g/mol. The van der Waals surface area contributed by atoms with Gasteiger partial charge in [-0.3, -0.25) is 4.99 Å². The van der Waals surface area contributed by atoms with Crippen LogP contribution in [0.15, 0.2) is 66.3 Å². The number of fused-ring (bicyclic) bond motifs is 1. The molecule has 0 aliphatic heterocycles. The summed E-state index contributed by atoms with van der Waals surface area (Å²) in [6, 6.07) is 13.8. The maximum Gasteiger partial charge on any atom is 0.0991 e. The molecule has 0 unspecified atom stereocenters. The van der Waals surface area contributed by atoms with Crippen LogP contribution in [0.5, 0.6) is 0 Å². The smallest absolute Gasteiger partial charge is 0.0991 e. The maximum atomic E-state index is 8.93. The fourth-order valence-electron chi connectivity index (χ4n) is 1.99. The SMILES string of the molecule is C=CC(=C)N=C(C)c1cccc2cc(C#N)ccc12. The van der Waals surface area contributed by atoms with Gasteiger partial charge >= 0.3 is 0 Å². The number of benzene rings is 2. The molecule has 0 radical (unpaired) electrons. The van der Waals surface area contributed by atoms with Crippen LogP contribution in [0.3, 0.4) is 0 Å². The van der Waals surface area contributed by atoms with Gasteiger partial charge in [0.25, 0.3) is 0 Å². The van der Waals surface area contributed by atoms with Gasteiger partial charge in [-0.2, -0.15) is 5.26 Å². The summed E-state index contributed by atoms with van der Waals surface area (Å²) in [5, 5.41) is 11.1. The Hall–Kier alpha value is -2.66. The standard InChI is InChI=1S/C17H14N2/c1-4-12(2)19-13(3)16-7-5-6-15-10-14(11-18)8-9-17(15)16/h4-10H,1-2H2,3H3. The highest BCUT2D eigenvalue weighted by atomic mass is 14.7. The molecule has 2 aromatic rings. The van der Waals surface area contributed by atoms with Gasteiger partial charge in [0, 0.05) is 11.3 Å². The van der Waals surface area contributed by atoms with E-state index >= 15 is 0 Å². The first-order valence-corrected chi connectivity index (χ1v) is 5.95. The predicted molar refractivity (Wildman–Crippen MR) is 80.2 cm³/mol. The van der Waals surface area contributed by atoms with Crippen molar-refractivity contribution in [2.24, 2.45) is 4.99 Å². The Kier molecular flexibility index (Phi) is 3.58. The van der Waals surface area contributed by atoms with Gasteiger partial charge in [0.05, 0.1) is 17.3 Å². The van der Waals surface area contributed by atoms with Crippen LogP contribution in [0, 0.1) is 11.3 Å². The Balaban J connectivity index is 2.62. The van der Waals surface area contributed by atoms with E-state index in [1.165, 1.54) is 0 Å². The largest absolute Gasteiger partial charge is 0.254 e. The molecule has 19 heavy (non-hydrogen) atoms. The minimum absolute atomic E-state index is 0.642. The molecule has 0 heterocycles. The van der Waals surface area contributed by atoms with E-state index in [4.69, 9.17) is 5.26 Å². The van der Waals surface area contributed by atoms with Crippen LogP contribution in [0.25, 0.3) is 10.8 Å². The highest BCUT2D eigenvalue weighted by Gasteiger charge is 2.04. The molecule has 0 aliphatic rings. The lowest BCUT2D eigenvalue weighted by Gasteiger charge is -2.06. The minimum Gasteiger partial charge on any atom is -0.254 e. The third-order valence-corrected chi connectivity index (χ3v) is 2.95. The molecule has 0 saturated heterocycles.